The number of hydrogen-bond donors (Lipinski definition) is 0. The minimum absolute atomic E-state index is 0.837. The van der Waals surface area contributed by atoms with Crippen molar-refractivity contribution in [2.24, 2.45) is 11.8 Å². The molecular weight excluding hydrogens is 294 g/mol. The van der Waals surface area contributed by atoms with Gasteiger partial charge in [0.2, 0.25) is 0 Å². The minimum Gasteiger partial charge on any atom is -0.306 e. The van der Waals surface area contributed by atoms with E-state index in [9.17, 15) is 0 Å². The predicted molar refractivity (Wildman–Crippen MR) is 108 cm³/mol. The monoisotopic (exact) mass is 339 g/mol. The largest absolute Gasteiger partial charge is 0.306 e. The van der Waals surface area contributed by atoms with Crippen LogP contribution in [-0.4, -0.2) is 74.6 Å². The zero-order valence-electron chi connectivity index (χ0n) is 17.6. The molecule has 24 heavy (non-hydrogen) atoms. The molecule has 0 N–H and O–H groups in total. The first-order chi connectivity index (χ1) is 11.4. The first-order valence-electron chi connectivity index (χ1n) is 10.5. The van der Waals surface area contributed by atoms with Crippen LogP contribution in [-0.2, 0) is 0 Å². The zero-order chi connectivity index (χ0) is 17.9. The fourth-order valence-electron chi connectivity index (χ4n) is 3.80. The van der Waals surface area contributed by atoms with Crippen LogP contribution in [0.3, 0.4) is 0 Å². The Labute approximate surface area is 152 Å². The highest BCUT2D eigenvalue weighted by Gasteiger charge is 2.13. The lowest BCUT2D eigenvalue weighted by molar-refractivity contribution is 0.200. The molecule has 2 atom stereocenters. The minimum atomic E-state index is 0.837. The van der Waals surface area contributed by atoms with Gasteiger partial charge in [-0.15, -0.1) is 0 Å². The van der Waals surface area contributed by atoms with Crippen molar-refractivity contribution in [1.29, 1.82) is 0 Å². The maximum Gasteiger partial charge on any atom is 0.00638 e. The average Bonchev–Trinajstić information content (AvgIpc) is 2.54. The molecule has 3 nitrogen and oxygen atoms in total. The van der Waals surface area contributed by atoms with Crippen LogP contribution >= 0.6 is 0 Å². The Kier molecular flexibility index (Phi) is 11.2. The van der Waals surface area contributed by atoms with Crippen molar-refractivity contribution >= 4 is 0 Å². The van der Waals surface area contributed by atoms with Crippen LogP contribution < -0.4 is 0 Å². The average molecular weight is 340 g/mol. The summed E-state index contributed by atoms with van der Waals surface area (Å²) in [5.74, 6) is 1.92. The number of nitrogens with zero attached hydrogens (tertiary/aromatic N) is 3. The van der Waals surface area contributed by atoms with Crippen LogP contribution in [0, 0.1) is 11.8 Å². The van der Waals surface area contributed by atoms with E-state index in [0.717, 1.165) is 17.9 Å². The van der Waals surface area contributed by atoms with Crippen molar-refractivity contribution in [3.05, 3.63) is 0 Å². The van der Waals surface area contributed by atoms with Gasteiger partial charge >= 0.3 is 0 Å². The van der Waals surface area contributed by atoms with E-state index in [1.807, 2.05) is 0 Å². The van der Waals surface area contributed by atoms with Crippen LogP contribution in [0.1, 0.15) is 65.7 Å². The van der Waals surface area contributed by atoms with Crippen molar-refractivity contribution in [2.75, 3.05) is 53.9 Å². The van der Waals surface area contributed by atoms with Crippen molar-refractivity contribution in [1.82, 2.24) is 14.7 Å². The van der Waals surface area contributed by atoms with Gasteiger partial charge in [0.1, 0.15) is 0 Å². The molecule has 144 valence electrons. The molecule has 3 rings (SSSR count). The first-order valence-corrected chi connectivity index (χ1v) is 10.5. The summed E-state index contributed by atoms with van der Waals surface area (Å²) < 4.78 is 0. The van der Waals surface area contributed by atoms with Crippen molar-refractivity contribution in [2.45, 2.75) is 71.8 Å². The normalized spacial score (nSPS) is 30.8. The Morgan fingerprint density at radius 3 is 1.62 bits per heavy atom. The molecule has 0 aromatic rings. The SMILES string of the molecule is CC1CCCCN1C.CC1CCCN(C)C1.CC1CCN(C)CC1. The molecule has 3 heteroatoms. The van der Waals surface area contributed by atoms with E-state index in [0.29, 0.717) is 0 Å². The second kappa shape index (κ2) is 12.3. The molecule has 3 saturated heterocycles. The van der Waals surface area contributed by atoms with Gasteiger partial charge in [0.05, 0.1) is 0 Å². The van der Waals surface area contributed by atoms with E-state index < -0.39 is 0 Å². The molecule has 3 aliphatic rings. The van der Waals surface area contributed by atoms with E-state index in [1.165, 1.54) is 77.7 Å². The number of piperidine rings is 3. The topological polar surface area (TPSA) is 9.72 Å². The third-order valence-electron chi connectivity index (χ3n) is 6.00. The Morgan fingerprint density at radius 1 is 0.583 bits per heavy atom. The molecule has 0 amide bonds. The zero-order valence-corrected chi connectivity index (χ0v) is 17.6. The Bertz CT molecular complexity index is 271. The quantitative estimate of drug-likeness (QED) is 0.655. The van der Waals surface area contributed by atoms with E-state index in [2.05, 4.69) is 56.6 Å². The molecule has 0 spiro atoms. The third kappa shape index (κ3) is 10.0. The maximum atomic E-state index is 2.43. The lowest BCUT2D eigenvalue weighted by Gasteiger charge is -2.29. The fourth-order valence-corrected chi connectivity index (χ4v) is 3.80. The molecule has 0 aromatic carbocycles. The highest BCUT2D eigenvalue weighted by Crippen LogP contribution is 2.14. The second-order valence-corrected chi connectivity index (χ2v) is 8.82. The molecule has 3 aliphatic heterocycles. The van der Waals surface area contributed by atoms with E-state index in [4.69, 9.17) is 0 Å². The summed E-state index contributed by atoms with van der Waals surface area (Å²) in [6.07, 6.45) is 9.87. The molecule has 3 fully saturated rings. The number of rotatable bonds is 0. The van der Waals surface area contributed by atoms with Crippen molar-refractivity contribution in [3.63, 3.8) is 0 Å². The van der Waals surface area contributed by atoms with Gasteiger partial charge < -0.3 is 14.7 Å². The molecule has 0 saturated carbocycles. The van der Waals surface area contributed by atoms with Crippen LogP contribution in [0.2, 0.25) is 0 Å². The van der Waals surface area contributed by atoms with Gasteiger partial charge in [0.15, 0.2) is 0 Å². The van der Waals surface area contributed by atoms with Gasteiger partial charge in [0, 0.05) is 12.6 Å². The Hall–Kier alpha value is -0.120. The Morgan fingerprint density at radius 2 is 1.25 bits per heavy atom. The van der Waals surface area contributed by atoms with Gasteiger partial charge in [-0.05, 0) is 105 Å². The third-order valence-corrected chi connectivity index (χ3v) is 6.00. The molecule has 0 aliphatic carbocycles. The molecule has 0 bridgehead atoms. The first kappa shape index (κ1) is 21.9. The number of hydrogen-bond acceptors (Lipinski definition) is 3. The summed E-state index contributed by atoms with van der Waals surface area (Å²) >= 11 is 0. The predicted octanol–water partition coefficient (Wildman–Crippen LogP) is 4.19. The summed E-state index contributed by atoms with van der Waals surface area (Å²) in [5.41, 5.74) is 0. The van der Waals surface area contributed by atoms with Gasteiger partial charge in [-0.1, -0.05) is 20.3 Å². The molecule has 3 heterocycles. The summed E-state index contributed by atoms with van der Waals surface area (Å²) in [6, 6.07) is 0.837. The highest BCUT2D eigenvalue weighted by molar-refractivity contribution is 4.68. The van der Waals surface area contributed by atoms with E-state index in [1.54, 1.807) is 0 Å². The van der Waals surface area contributed by atoms with Crippen LogP contribution in [0.5, 0.6) is 0 Å². The van der Waals surface area contributed by atoms with Gasteiger partial charge in [-0.25, -0.2) is 0 Å². The van der Waals surface area contributed by atoms with Crippen LogP contribution in [0.25, 0.3) is 0 Å². The summed E-state index contributed by atoms with van der Waals surface area (Å²) in [6.45, 7) is 13.5. The van der Waals surface area contributed by atoms with E-state index >= 15 is 0 Å². The second-order valence-electron chi connectivity index (χ2n) is 8.82. The van der Waals surface area contributed by atoms with Gasteiger partial charge in [-0.3, -0.25) is 0 Å². The molecule has 2 unspecified atom stereocenters. The lowest BCUT2D eigenvalue weighted by Crippen LogP contribution is -2.33. The van der Waals surface area contributed by atoms with Gasteiger partial charge in [-0.2, -0.15) is 0 Å². The molecular formula is C21H45N3. The van der Waals surface area contributed by atoms with Crippen LogP contribution in [0.15, 0.2) is 0 Å². The van der Waals surface area contributed by atoms with Crippen molar-refractivity contribution in [3.8, 4) is 0 Å². The van der Waals surface area contributed by atoms with Gasteiger partial charge in [0.25, 0.3) is 0 Å². The summed E-state index contributed by atoms with van der Waals surface area (Å²) in [4.78, 5) is 7.25. The summed E-state index contributed by atoms with van der Waals surface area (Å²) in [7, 11) is 6.62. The standard InChI is InChI=1S/3C7H15N/c1-7-3-5-8(2)6-4-7;1-7-4-3-5-8(2)6-7;1-7-5-3-4-6-8(7)2/h3*7H,3-6H2,1-2H3. The van der Waals surface area contributed by atoms with E-state index in [-0.39, 0.29) is 0 Å². The smallest absolute Gasteiger partial charge is 0.00638 e. The van der Waals surface area contributed by atoms with Crippen molar-refractivity contribution < 1.29 is 0 Å². The summed E-state index contributed by atoms with van der Waals surface area (Å²) in [5, 5.41) is 0. The molecule has 0 aromatic heterocycles. The maximum absolute atomic E-state index is 2.43. The lowest BCUT2D eigenvalue weighted by atomic mass is 10.00. The Balaban J connectivity index is 0.000000180. The highest BCUT2D eigenvalue weighted by atomic mass is 15.1. The fraction of sp³-hybridized carbons (Fsp3) is 1.00. The molecule has 0 radical (unpaired) electrons. The number of likely N-dealkylation sites (tertiary alicyclic amines) is 3. The van der Waals surface area contributed by atoms with Crippen LogP contribution in [0.4, 0.5) is 0 Å².